The second-order valence-corrected chi connectivity index (χ2v) is 9.94. The highest BCUT2D eigenvalue weighted by Crippen LogP contribution is 2.49. The summed E-state index contributed by atoms with van der Waals surface area (Å²) in [6.45, 7) is 0. The Morgan fingerprint density at radius 1 is 1.22 bits per heavy atom. The Balaban J connectivity index is 2.07. The molecule has 1 aromatic rings. The van der Waals surface area contributed by atoms with E-state index in [4.69, 9.17) is 16.9 Å². The molecule has 27 heavy (non-hydrogen) atoms. The summed E-state index contributed by atoms with van der Waals surface area (Å²) in [5, 5.41) is 9.33. The molecule has 3 rings (SSSR count). The van der Waals surface area contributed by atoms with Crippen LogP contribution < -0.4 is 0 Å². The molecule has 0 bridgehead atoms. The Labute approximate surface area is 163 Å². The number of nitriles is 1. The highest BCUT2D eigenvalue weighted by Gasteiger charge is 2.54. The van der Waals surface area contributed by atoms with Crippen molar-refractivity contribution in [2.75, 3.05) is 0 Å². The van der Waals surface area contributed by atoms with Crippen LogP contribution in [0.3, 0.4) is 0 Å². The fourth-order valence-electron chi connectivity index (χ4n) is 4.19. The summed E-state index contributed by atoms with van der Waals surface area (Å²) in [5.41, 5.74) is 0. The molecule has 1 aromatic carbocycles. The maximum atomic E-state index is 14.8. The molecular formula is C20H20ClF2NO2S. The van der Waals surface area contributed by atoms with Gasteiger partial charge in [0.05, 0.1) is 15.7 Å². The number of hydrogen-bond acceptors (Lipinski definition) is 3. The van der Waals surface area contributed by atoms with Crippen molar-refractivity contribution in [2.45, 2.75) is 47.9 Å². The van der Waals surface area contributed by atoms with E-state index < -0.39 is 32.5 Å². The quantitative estimate of drug-likeness (QED) is 0.672. The molecule has 1 unspecified atom stereocenters. The molecule has 1 fully saturated rings. The molecule has 3 nitrogen and oxygen atoms in total. The average molecular weight is 412 g/mol. The van der Waals surface area contributed by atoms with Crippen molar-refractivity contribution in [3.8, 4) is 6.07 Å². The van der Waals surface area contributed by atoms with Crippen molar-refractivity contribution in [1.82, 2.24) is 0 Å². The van der Waals surface area contributed by atoms with Crippen molar-refractivity contribution in [1.29, 1.82) is 5.26 Å². The summed E-state index contributed by atoms with van der Waals surface area (Å²) >= 11 is 5.87. The zero-order valence-electron chi connectivity index (χ0n) is 14.6. The minimum Gasteiger partial charge on any atom is -0.242 e. The zero-order chi connectivity index (χ0) is 19.7. The van der Waals surface area contributed by atoms with Crippen LogP contribution in [-0.4, -0.2) is 19.3 Å². The topological polar surface area (TPSA) is 57.9 Å². The van der Waals surface area contributed by atoms with E-state index in [0.29, 0.717) is 24.3 Å². The lowest BCUT2D eigenvalue weighted by molar-refractivity contribution is 0.189. The summed E-state index contributed by atoms with van der Waals surface area (Å²) < 4.78 is 54.4. The second-order valence-electron chi connectivity index (χ2n) is 7.21. The van der Waals surface area contributed by atoms with E-state index >= 15 is 0 Å². The van der Waals surface area contributed by atoms with Gasteiger partial charge in [-0.3, -0.25) is 0 Å². The molecule has 0 N–H and O–H groups in total. The first-order valence-corrected chi connectivity index (χ1v) is 10.7. The minimum atomic E-state index is -3.96. The molecule has 0 spiro atoms. The van der Waals surface area contributed by atoms with Crippen LogP contribution in [-0.2, 0) is 9.84 Å². The maximum absolute atomic E-state index is 14.8. The van der Waals surface area contributed by atoms with E-state index in [9.17, 15) is 17.2 Å². The van der Waals surface area contributed by atoms with Gasteiger partial charge in [-0.15, -0.1) is 0 Å². The zero-order valence-corrected chi connectivity index (χ0v) is 16.2. The molecular weight excluding hydrogens is 392 g/mol. The van der Waals surface area contributed by atoms with Gasteiger partial charge in [-0.05, 0) is 74.1 Å². The standard InChI is InChI=1S/C20H20ClF2NO2S/c21-15-1-4-17(5-2-15)27(25,26)20(10-7-14(8-11-20)9-12-24)18-13-16(22)3-6-19(18)23/h1-6,13-14,18-19H,7-11H2/t14-,18-,19?,20+/m1/s1. The number of hydrogen-bond donors (Lipinski definition) is 0. The third-order valence-electron chi connectivity index (χ3n) is 5.72. The monoisotopic (exact) mass is 411 g/mol. The number of nitrogens with zero attached hydrogens (tertiary/aromatic N) is 1. The number of rotatable bonds is 4. The van der Waals surface area contributed by atoms with E-state index in [2.05, 4.69) is 6.07 Å². The highest BCUT2D eigenvalue weighted by molar-refractivity contribution is 7.92. The van der Waals surface area contributed by atoms with Gasteiger partial charge >= 0.3 is 0 Å². The molecule has 0 heterocycles. The van der Waals surface area contributed by atoms with Crippen LogP contribution in [0.4, 0.5) is 8.78 Å². The minimum absolute atomic E-state index is 0.0567. The van der Waals surface area contributed by atoms with Gasteiger partial charge in [0.1, 0.15) is 12.0 Å². The molecule has 0 aliphatic heterocycles. The van der Waals surface area contributed by atoms with Crippen LogP contribution in [0.5, 0.6) is 0 Å². The Kier molecular flexibility index (Phi) is 5.73. The molecule has 2 aliphatic carbocycles. The van der Waals surface area contributed by atoms with Crippen LogP contribution in [0.2, 0.25) is 5.02 Å². The summed E-state index contributed by atoms with van der Waals surface area (Å²) in [6.07, 6.45) is 3.32. The number of sulfone groups is 1. The molecule has 1 saturated carbocycles. The summed E-state index contributed by atoms with van der Waals surface area (Å²) in [6, 6.07) is 7.89. The number of allylic oxidation sites excluding steroid dienone is 4. The van der Waals surface area contributed by atoms with Gasteiger partial charge in [-0.1, -0.05) is 11.6 Å². The van der Waals surface area contributed by atoms with Crippen LogP contribution in [0.25, 0.3) is 0 Å². The van der Waals surface area contributed by atoms with Gasteiger partial charge in [0.2, 0.25) is 0 Å². The lowest BCUT2D eigenvalue weighted by atomic mass is 9.72. The number of benzene rings is 1. The van der Waals surface area contributed by atoms with Gasteiger partial charge < -0.3 is 0 Å². The van der Waals surface area contributed by atoms with Gasteiger partial charge in [-0.25, -0.2) is 17.2 Å². The van der Waals surface area contributed by atoms with Crippen LogP contribution in [0.15, 0.2) is 53.2 Å². The Bertz CT molecular complexity index is 895. The van der Waals surface area contributed by atoms with Crippen molar-refractivity contribution in [2.24, 2.45) is 11.8 Å². The largest absolute Gasteiger partial charge is 0.242 e. The number of halogens is 3. The van der Waals surface area contributed by atoms with Crippen molar-refractivity contribution in [3.05, 3.63) is 53.3 Å². The lowest BCUT2D eigenvalue weighted by Gasteiger charge is -2.44. The summed E-state index contributed by atoms with van der Waals surface area (Å²) in [4.78, 5) is 0.0567. The first kappa shape index (κ1) is 20.0. The fraction of sp³-hybridized carbons (Fsp3) is 0.450. The normalized spacial score (nSPS) is 31.2. The first-order valence-electron chi connectivity index (χ1n) is 8.87. The molecule has 0 saturated heterocycles. The molecule has 0 amide bonds. The second kappa shape index (κ2) is 7.73. The predicted molar refractivity (Wildman–Crippen MR) is 100 cm³/mol. The summed E-state index contributed by atoms with van der Waals surface area (Å²) in [5.74, 6) is -1.65. The highest BCUT2D eigenvalue weighted by atomic mass is 35.5. The predicted octanol–water partition coefficient (Wildman–Crippen LogP) is 5.33. The van der Waals surface area contributed by atoms with Gasteiger partial charge in [0, 0.05) is 17.4 Å². The lowest BCUT2D eigenvalue weighted by Crippen LogP contribution is -2.51. The van der Waals surface area contributed by atoms with E-state index in [1.54, 1.807) is 0 Å². The fourth-order valence-corrected chi connectivity index (χ4v) is 6.61. The first-order chi connectivity index (χ1) is 12.8. The van der Waals surface area contributed by atoms with E-state index in [-0.39, 0.29) is 23.7 Å². The molecule has 2 aliphatic rings. The number of alkyl halides is 1. The van der Waals surface area contributed by atoms with Gasteiger partial charge in [0.15, 0.2) is 9.84 Å². The van der Waals surface area contributed by atoms with Crippen LogP contribution in [0.1, 0.15) is 32.1 Å². The van der Waals surface area contributed by atoms with Gasteiger partial charge in [0.25, 0.3) is 0 Å². The van der Waals surface area contributed by atoms with E-state index in [1.807, 2.05) is 0 Å². The maximum Gasteiger partial charge on any atom is 0.184 e. The Morgan fingerprint density at radius 3 is 2.44 bits per heavy atom. The van der Waals surface area contributed by atoms with Crippen molar-refractivity contribution >= 4 is 21.4 Å². The molecule has 0 radical (unpaired) electrons. The van der Waals surface area contributed by atoms with Crippen molar-refractivity contribution in [3.63, 3.8) is 0 Å². The Hall–Kier alpha value is -1.71. The molecule has 2 atom stereocenters. The summed E-state index contributed by atoms with van der Waals surface area (Å²) in [7, 11) is -3.96. The molecule has 144 valence electrons. The van der Waals surface area contributed by atoms with Gasteiger partial charge in [-0.2, -0.15) is 5.26 Å². The smallest absolute Gasteiger partial charge is 0.184 e. The van der Waals surface area contributed by atoms with E-state index in [0.717, 1.165) is 18.2 Å². The van der Waals surface area contributed by atoms with E-state index in [1.165, 1.54) is 24.3 Å². The SMILES string of the molecule is N#CC[C@H]1CC[C@@]([C@@H]2C=C(F)C=CC2F)(S(=O)(=O)c2ccc(Cl)cc2)CC1. The van der Waals surface area contributed by atoms with Crippen LogP contribution in [0, 0.1) is 23.2 Å². The molecule has 7 heteroatoms. The molecule has 0 aromatic heterocycles. The third kappa shape index (κ3) is 3.68. The van der Waals surface area contributed by atoms with Crippen molar-refractivity contribution < 1.29 is 17.2 Å². The Morgan fingerprint density at radius 2 is 1.85 bits per heavy atom. The third-order valence-corrected chi connectivity index (χ3v) is 8.61. The van der Waals surface area contributed by atoms with Crippen LogP contribution >= 0.6 is 11.6 Å². The average Bonchev–Trinajstić information content (AvgIpc) is 2.65.